The largest absolute Gasteiger partial charge is 0.489 e. The second-order valence-corrected chi connectivity index (χ2v) is 6.94. The zero-order valence-electron chi connectivity index (χ0n) is 16.7. The van der Waals surface area contributed by atoms with Gasteiger partial charge in [0, 0.05) is 5.56 Å². The summed E-state index contributed by atoms with van der Waals surface area (Å²) in [5, 5.41) is 8.68. The van der Waals surface area contributed by atoms with Gasteiger partial charge in [0.15, 0.2) is 0 Å². The number of alkyl halides is 2. The fraction of sp³-hybridized carbons (Fsp3) is 0.208. The molecule has 0 bridgehead atoms. The van der Waals surface area contributed by atoms with Crippen LogP contribution < -0.4 is 9.47 Å². The molecule has 1 N–H and O–H groups in total. The Morgan fingerprint density at radius 3 is 2.30 bits per heavy atom. The molecule has 6 heteroatoms. The molecule has 0 aliphatic carbocycles. The summed E-state index contributed by atoms with van der Waals surface area (Å²) in [4.78, 5) is 10.7. The zero-order chi connectivity index (χ0) is 21.7. The maximum Gasteiger partial charge on any atom is 0.421 e. The van der Waals surface area contributed by atoms with Crippen LogP contribution in [-0.2, 0) is 6.61 Å². The van der Waals surface area contributed by atoms with Crippen LogP contribution >= 0.6 is 0 Å². The van der Waals surface area contributed by atoms with Crippen LogP contribution in [0.4, 0.5) is 8.78 Å². The summed E-state index contributed by atoms with van der Waals surface area (Å²) in [6, 6.07) is 17.4. The Morgan fingerprint density at radius 1 is 0.967 bits per heavy atom. The number of hydrogen-bond acceptors (Lipinski definition) is 4. The average molecular weight is 412 g/mol. The lowest BCUT2D eigenvalue weighted by Crippen LogP contribution is -2.29. The molecule has 0 aliphatic heterocycles. The number of benzene rings is 3. The van der Waals surface area contributed by atoms with Crippen molar-refractivity contribution in [2.75, 3.05) is 6.61 Å². The van der Waals surface area contributed by atoms with E-state index in [2.05, 4.69) is 4.74 Å². The molecular weight excluding hydrogens is 390 g/mol. The second kappa shape index (κ2) is 9.05. The predicted octanol–water partition coefficient (Wildman–Crippen LogP) is 5.33. The highest BCUT2D eigenvalue weighted by atomic mass is 19.3. The molecule has 156 valence electrons. The fourth-order valence-electron chi connectivity index (χ4n) is 3.14. The summed E-state index contributed by atoms with van der Waals surface area (Å²) < 4.78 is 36.9. The molecule has 30 heavy (non-hydrogen) atoms. The van der Waals surface area contributed by atoms with Crippen molar-refractivity contribution < 1.29 is 28.2 Å². The Kier molecular flexibility index (Phi) is 6.47. The maximum atomic E-state index is 13.3. The summed E-state index contributed by atoms with van der Waals surface area (Å²) in [5.74, 6) is 0.652. The van der Waals surface area contributed by atoms with Crippen molar-refractivity contribution >= 4 is 6.29 Å². The van der Waals surface area contributed by atoms with Crippen LogP contribution in [0.5, 0.6) is 11.5 Å². The van der Waals surface area contributed by atoms with Gasteiger partial charge in [-0.05, 0) is 78.1 Å². The minimum absolute atomic E-state index is 0.00814. The number of ether oxygens (including phenoxy) is 2. The molecule has 0 aliphatic rings. The number of carbonyl (C=O) groups is 1. The molecule has 3 aromatic carbocycles. The molecule has 0 radical (unpaired) electrons. The van der Waals surface area contributed by atoms with E-state index < -0.39 is 12.7 Å². The van der Waals surface area contributed by atoms with Gasteiger partial charge in [-0.25, -0.2) is 0 Å². The molecule has 0 spiro atoms. The quantitative estimate of drug-likeness (QED) is 0.509. The number of aliphatic hydroxyl groups is 1. The van der Waals surface area contributed by atoms with Crippen LogP contribution in [0.2, 0.25) is 0 Å². The molecular formula is C24H22F2O4. The van der Waals surface area contributed by atoms with Crippen molar-refractivity contribution in [2.24, 2.45) is 0 Å². The number of halogens is 2. The molecule has 0 unspecified atom stereocenters. The maximum absolute atomic E-state index is 13.3. The first-order chi connectivity index (χ1) is 14.3. The Hall–Kier alpha value is -3.25. The summed E-state index contributed by atoms with van der Waals surface area (Å²) in [7, 11) is 0. The molecule has 0 amide bonds. The van der Waals surface area contributed by atoms with Gasteiger partial charge < -0.3 is 14.6 Å². The van der Waals surface area contributed by atoms with Gasteiger partial charge in [0.05, 0.1) is 0 Å². The number of hydrogen-bond donors (Lipinski definition) is 1. The van der Waals surface area contributed by atoms with Crippen LogP contribution in [0.3, 0.4) is 0 Å². The molecule has 0 saturated heterocycles. The van der Waals surface area contributed by atoms with Gasteiger partial charge in [-0.2, -0.15) is 8.78 Å². The van der Waals surface area contributed by atoms with E-state index in [-0.39, 0.29) is 5.75 Å². The average Bonchev–Trinajstić information content (AvgIpc) is 2.74. The number of carbonyl (C=O) groups excluding carboxylic acids is 1. The lowest BCUT2D eigenvalue weighted by molar-refractivity contribution is -0.200. The van der Waals surface area contributed by atoms with E-state index in [4.69, 9.17) is 9.84 Å². The van der Waals surface area contributed by atoms with Crippen LogP contribution in [0.25, 0.3) is 11.1 Å². The van der Waals surface area contributed by atoms with E-state index in [9.17, 15) is 13.6 Å². The highest BCUT2D eigenvalue weighted by Gasteiger charge is 2.30. The molecule has 0 heterocycles. The molecule has 0 fully saturated rings. The van der Waals surface area contributed by atoms with Crippen molar-refractivity contribution in [3.8, 4) is 22.6 Å². The van der Waals surface area contributed by atoms with E-state index >= 15 is 0 Å². The van der Waals surface area contributed by atoms with Crippen LogP contribution in [0, 0.1) is 13.8 Å². The first kappa shape index (κ1) is 21.5. The summed E-state index contributed by atoms with van der Waals surface area (Å²) in [5.41, 5.74) is 5.21. The Bertz CT molecular complexity index is 1030. The van der Waals surface area contributed by atoms with Gasteiger partial charge in [-0.1, -0.05) is 24.3 Å². The van der Waals surface area contributed by atoms with Gasteiger partial charge in [0.1, 0.15) is 31.0 Å². The third kappa shape index (κ3) is 5.02. The number of aldehydes is 1. The summed E-state index contributed by atoms with van der Waals surface area (Å²) in [6.07, 6.45) is -2.84. The van der Waals surface area contributed by atoms with Gasteiger partial charge in [-0.15, -0.1) is 0 Å². The van der Waals surface area contributed by atoms with Crippen LogP contribution in [0.1, 0.15) is 27.0 Å². The number of aryl methyl sites for hydroxylation is 1. The van der Waals surface area contributed by atoms with E-state index in [0.29, 0.717) is 17.9 Å². The monoisotopic (exact) mass is 412 g/mol. The van der Waals surface area contributed by atoms with E-state index in [1.165, 1.54) is 12.1 Å². The topological polar surface area (TPSA) is 55.8 Å². The normalized spacial score (nSPS) is 11.2. The minimum Gasteiger partial charge on any atom is -0.489 e. The lowest BCUT2D eigenvalue weighted by atomic mass is 9.93. The predicted molar refractivity (Wildman–Crippen MR) is 110 cm³/mol. The van der Waals surface area contributed by atoms with E-state index in [1.54, 1.807) is 30.3 Å². The number of aliphatic hydroxyl groups excluding tert-OH is 1. The lowest BCUT2D eigenvalue weighted by Gasteiger charge is -2.18. The Balaban J connectivity index is 1.80. The fourth-order valence-corrected chi connectivity index (χ4v) is 3.14. The molecule has 0 saturated carbocycles. The molecule has 3 rings (SSSR count). The first-order valence-electron chi connectivity index (χ1n) is 9.38. The molecule has 0 aromatic heterocycles. The third-order valence-corrected chi connectivity index (χ3v) is 4.80. The molecule has 3 aromatic rings. The van der Waals surface area contributed by atoms with Crippen molar-refractivity contribution in [3.05, 3.63) is 82.9 Å². The van der Waals surface area contributed by atoms with Gasteiger partial charge in [0.25, 0.3) is 0 Å². The van der Waals surface area contributed by atoms with Crippen molar-refractivity contribution in [3.63, 3.8) is 0 Å². The molecule has 4 nitrogen and oxygen atoms in total. The standard InChI is InChI=1S/C24H22F2O4/c1-16-12-21(30-24(25,26)15-28)10-11-22(16)23-5-3-4-19(17(23)2)14-29-20-8-6-18(13-27)7-9-20/h3-13,28H,14-15H2,1-2H3. The number of rotatable bonds is 8. The highest BCUT2D eigenvalue weighted by Crippen LogP contribution is 2.32. The Labute approximate surface area is 173 Å². The minimum atomic E-state index is -3.62. The van der Waals surface area contributed by atoms with Crippen molar-refractivity contribution in [1.29, 1.82) is 0 Å². The smallest absolute Gasteiger partial charge is 0.421 e. The summed E-state index contributed by atoms with van der Waals surface area (Å²) in [6.45, 7) is 2.76. The van der Waals surface area contributed by atoms with Crippen LogP contribution in [-0.4, -0.2) is 24.1 Å². The first-order valence-corrected chi connectivity index (χ1v) is 9.38. The Morgan fingerprint density at radius 2 is 1.67 bits per heavy atom. The van der Waals surface area contributed by atoms with Gasteiger partial charge in [-0.3, -0.25) is 4.79 Å². The SMILES string of the molecule is Cc1cc(OC(F)(F)CO)ccc1-c1cccc(COc2ccc(C=O)cc2)c1C. The van der Waals surface area contributed by atoms with E-state index in [0.717, 1.165) is 34.1 Å². The third-order valence-electron chi connectivity index (χ3n) is 4.80. The van der Waals surface area contributed by atoms with Crippen LogP contribution in [0.15, 0.2) is 60.7 Å². The van der Waals surface area contributed by atoms with Crippen molar-refractivity contribution in [2.45, 2.75) is 26.6 Å². The molecule has 0 atom stereocenters. The van der Waals surface area contributed by atoms with Crippen molar-refractivity contribution in [1.82, 2.24) is 0 Å². The highest BCUT2D eigenvalue weighted by molar-refractivity contribution is 5.75. The summed E-state index contributed by atoms with van der Waals surface area (Å²) >= 11 is 0. The van der Waals surface area contributed by atoms with E-state index in [1.807, 2.05) is 32.0 Å². The zero-order valence-corrected chi connectivity index (χ0v) is 16.7. The van der Waals surface area contributed by atoms with Gasteiger partial charge in [0.2, 0.25) is 0 Å². The second-order valence-electron chi connectivity index (χ2n) is 6.94. The van der Waals surface area contributed by atoms with Gasteiger partial charge >= 0.3 is 6.11 Å².